The van der Waals surface area contributed by atoms with Crippen molar-refractivity contribution in [1.82, 2.24) is 0 Å². The van der Waals surface area contributed by atoms with Crippen LogP contribution in [0.5, 0.6) is 0 Å². The fourth-order valence-corrected chi connectivity index (χ4v) is 1.15. The Bertz CT molecular complexity index is 333. The van der Waals surface area contributed by atoms with E-state index in [2.05, 4.69) is 0 Å². The molecule has 1 aromatic rings. The predicted octanol–water partition coefficient (Wildman–Crippen LogP) is 2.14. The molecule has 0 fully saturated rings. The van der Waals surface area contributed by atoms with Gasteiger partial charge < -0.3 is 11.5 Å². The zero-order valence-electron chi connectivity index (χ0n) is 7.60. The minimum atomic E-state index is -4.46. The molecule has 0 saturated carbocycles. The molecule has 0 spiro atoms. The van der Waals surface area contributed by atoms with Crippen LogP contribution in [0.2, 0.25) is 0 Å². The Morgan fingerprint density at radius 2 is 1.86 bits per heavy atom. The molecule has 0 aliphatic carbocycles. The minimum Gasteiger partial charge on any atom is -0.398 e. The molecule has 0 aromatic heterocycles. The van der Waals surface area contributed by atoms with Crippen LogP contribution in [0.1, 0.15) is 17.2 Å². The highest BCUT2D eigenvalue weighted by atomic mass is 19.4. The Morgan fingerprint density at radius 1 is 1.29 bits per heavy atom. The standard InChI is InChI=1S/C9H11F3N2/c1-5-3-2-4-6(7(5)13)8(14)9(10,11)12/h2-4,8H,13-14H2,1H3/t8-/m0/s1. The number of nitrogen functional groups attached to an aromatic ring is 1. The molecular weight excluding hydrogens is 193 g/mol. The van der Waals surface area contributed by atoms with E-state index in [1.165, 1.54) is 12.1 Å². The number of hydrogen-bond donors (Lipinski definition) is 2. The number of anilines is 1. The molecule has 1 atom stereocenters. The molecule has 0 saturated heterocycles. The molecule has 0 heterocycles. The van der Waals surface area contributed by atoms with Crippen molar-refractivity contribution in [3.8, 4) is 0 Å². The van der Waals surface area contributed by atoms with Gasteiger partial charge in [0.05, 0.1) is 0 Å². The normalized spacial score (nSPS) is 14.1. The average Bonchev–Trinajstić information content (AvgIpc) is 2.07. The van der Waals surface area contributed by atoms with E-state index in [1.807, 2.05) is 0 Å². The fourth-order valence-electron chi connectivity index (χ4n) is 1.15. The summed E-state index contributed by atoms with van der Waals surface area (Å²) < 4.78 is 36.8. The highest BCUT2D eigenvalue weighted by Gasteiger charge is 2.38. The van der Waals surface area contributed by atoms with Crippen molar-refractivity contribution in [3.63, 3.8) is 0 Å². The van der Waals surface area contributed by atoms with Crippen LogP contribution in [0.4, 0.5) is 18.9 Å². The number of hydrogen-bond acceptors (Lipinski definition) is 2. The molecule has 78 valence electrons. The third-order valence-electron chi connectivity index (χ3n) is 2.05. The number of benzene rings is 1. The lowest BCUT2D eigenvalue weighted by Gasteiger charge is -2.18. The number of halogens is 3. The highest BCUT2D eigenvalue weighted by Crippen LogP contribution is 2.34. The molecule has 0 amide bonds. The van der Waals surface area contributed by atoms with Crippen LogP contribution < -0.4 is 11.5 Å². The molecule has 0 aliphatic heterocycles. The third kappa shape index (κ3) is 1.98. The van der Waals surface area contributed by atoms with Crippen LogP contribution >= 0.6 is 0 Å². The van der Waals surface area contributed by atoms with Crippen molar-refractivity contribution >= 4 is 5.69 Å². The molecule has 0 radical (unpaired) electrons. The monoisotopic (exact) mass is 204 g/mol. The van der Waals surface area contributed by atoms with E-state index in [0.29, 0.717) is 5.56 Å². The van der Waals surface area contributed by atoms with Crippen molar-refractivity contribution in [2.24, 2.45) is 5.73 Å². The Labute approximate surface area is 79.7 Å². The lowest BCUT2D eigenvalue weighted by molar-refractivity contribution is -0.149. The molecular formula is C9H11F3N2. The van der Waals surface area contributed by atoms with Gasteiger partial charge in [-0.25, -0.2) is 0 Å². The summed E-state index contributed by atoms with van der Waals surface area (Å²) in [6.07, 6.45) is -4.46. The maximum atomic E-state index is 12.3. The first-order valence-corrected chi connectivity index (χ1v) is 4.01. The first-order valence-electron chi connectivity index (χ1n) is 4.01. The number of para-hydroxylation sites is 1. The molecule has 4 N–H and O–H groups in total. The SMILES string of the molecule is Cc1cccc([C@H](N)C(F)(F)F)c1N. The van der Waals surface area contributed by atoms with Crippen molar-refractivity contribution in [1.29, 1.82) is 0 Å². The van der Waals surface area contributed by atoms with Crippen molar-refractivity contribution in [2.45, 2.75) is 19.1 Å². The van der Waals surface area contributed by atoms with Crippen LogP contribution in [0.15, 0.2) is 18.2 Å². The molecule has 1 aromatic carbocycles. The van der Waals surface area contributed by atoms with Gasteiger partial charge in [-0.15, -0.1) is 0 Å². The maximum absolute atomic E-state index is 12.3. The summed E-state index contributed by atoms with van der Waals surface area (Å²) in [7, 11) is 0. The first-order chi connectivity index (χ1) is 6.34. The smallest absolute Gasteiger partial charge is 0.398 e. The minimum absolute atomic E-state index is 0.0718. The van der Waals surface area contributed by atoms with E-state index in [0.717, 1.165) is 0 Å². The summed E-state index contributed by atoms with van der Waals surface area (Å²) in [5.41, 5.74) is 11.2. The van der Waals surface area contributed by atoms with Gasteiger partial charge in [-0.05, 0) is 12.5 Å². The largest absolute Gasteiger partial charge is 0.407 e. The van der Waals surface area contributed by atoms with Gasteiger partial charge in [0.2, 0.25) is 0 Å². The van der Waals surface area contributed by atoms with Crippen LogP contribution in [-0.4, -0.2) is 6.18 Å². The molecule has 0 unspecified atom stereocenters. The van der Waals surface area contributed by atoms with Gasteiger partial charge in [0.25, 0.3) is 0 Å². The zero-order chi connectivity index (χ0) is 10.9. The van der Waals surface area contributed by atoms with Gasteiger partial charge >= 0.3 is 6.18 Å². The van der Waals surface area contributed by atoms with Gasteiger partial charge in [0.1, 0.15) is 6.04 Å². The van der Waals surface area contributed by atoms with Crippen molar-refractivity contribution in [2.75, 3.05) is 5.73 Å². The van der Waals surface area contributed by atoms with E-state index >= 15 is 0 Å². The van der Waals surface area contributed by atoms with Crippen LogP contribution in [-0.2, 0) is 0 Å². The second kappa shape index (κ2) is 3.49. The maximum Gasteiger partial charge on any atom is 0.407 e. The van der Waals surface area contributed by atoms with E-state index in [9.17, 15) is 13.2 Å². The van der Waals surface area contributed by atoms with E-state index < -0.39 is 12.2 Å². The van der Waals surface area contributed by atoms with E-state index in [4.69, 9.17) is 11.5 Å². The number of rotatable bonds is 1. The quantitative estimate of drug-likeness (QED) is 0.688. The van der Waals surface area contributed by atoms with Crippen molar-refractivity contribution in [3.05, 3.63) is 29.3 Å². The third-order valence-corrected chi connectivity index (χ3v) is 2.05. The lowest BCUT2D eigenvalue weighted by Crippen LogP contribution is -2.29. The summed E-state index contributed by atoms with van der Waals surface area (Å²) in [6, 6.07) is 2.43. The molecule has 0 bridgehead atoms. The van der Waals surface area contributed by atoms with Gasteiger partial charge in [0.15, 0.2) is 0 Å². The Kier molecular flexibility index (Phi) is 2.71. The van der Waals surface area contributed by atoms with Crippen LogP contribution in [0.25, 0.3) is 0 Å². The molecule has 14 heavy (non-hydrogen) atoms. The predicted molar refractivity (Wildman–Crippen MR) is 48.6 cm³/mol. The van der Waals surface area contributed by atoms with Crippen LogP contribution in [0.3, 0.4) is 0 Å². The topological polar surface area (TPSA) is 52.0 Å². The van der Waals surface area contributed by atoms with Gasteiger partial charge in [-0.3, -0.25) is 0 Å². The lowest BCUT2D eigenvalue weighted by atomic mass is 10.0. The van der Waals surface area contributed by atoms with Gasteiger partial charge in [-0.1, -0.05) is 18.2 Å². The van der Waals surface area contributed by atoms with Crippen LogP contribution in [0, 0.1) is 6.92 Å². The summed E-state index contributed by atoms with van der Waals surface area (Å²) in [5, 5.41) is 0. The van der Waals surface area contributed by atoms with E-state index in [-0.39, 0.29) is 11.3 Å². The number of alkyl halides is 3. The summed E-state index contributed by atoms with van der Waals surface area (Å²) in [4.78, 5) is 0. The van der Waals surface area contributed by atoms with Crippen molar-refractivity contribution < 1.29 is 13.2 Å². The summed E-state index contributed by atoms with van der Waals surface area (Å²) in [6.45, 7) is 1.64. The second-order valence-corrected chi connectivity index (χ2v) is 3.10. The number of aryl methyl sites for hydroxylation is 1. The highest BCUT2D eigenvalue weighted by molar-refractivity contribution is 5.54. The van der Waals surface area contributed by atoms with E-state index in [1.54, 1.807) is 13.0 Å². The van der Waals surface area contributed by atoms with Gasteiger partial charge in [-0.2, -0.15) is 13.2 Å². The summed E-state index contributed by atoms with van der Waals surface area (Å²) in [5.74, 6) is 0. The number of nitrogens with two attached hydrogens (primary N) is 2. The molecule has 1 rings (SSSR count). The average molecular weight is 204 g/mol. The van der Waals surface area contributed by atoms with Gasteiger partial charge in [0, 0.05) is 11.3 Å². The molecule has 2 nitrogen and oxygen atoms in total. The molecule has 5 heteroatoms. The summed E-state index contributed by atoms with van der Waals surface area (Å²) >= 11 is 0. The Hall–Kier alpha value is -1.23. The molecule has 0 aliphatic rings. The Morgan fingerprint density at radius 3 is 2.36 bits per heavy atom. The Balaban J connectivity index is 3.14. The fraction of sp³-hybridized carbons (Fsp3) is 0.333. The second-order valence-electron chi connectivity index (χ2n) is 3.10. The first kappa shape index (κ1) is 10.8. The zero-order valence-corrected chi connectivity index (χ0v) is 7.60.